The lowest BCUT2D eigenvalue weighted by Crippen LogP contribution is -2.77. The van der Waals surface area contributed by atoms with E-state index in [0.29, 0.717) is 13.0 Å². The van der Waals surface area contributed by atoms with Gasteiger partial charge in [0, 0.05) is 18.7 Å². The average molecular weight is 336 g/mol. The van der Waals surface area contributed by atoms with Crippen molar-refractivity contribution in [1.82, 2.24) is 5.32 Å². The van der Waals surface area contributed by atoms with Crippen LogP contribution in [0.1, 0.15) is 18.9 Å². The van der Waals surface area contributed by atoms with Crippen LogP contribution in [0.25, 0.3) is 0 Å². The van der Waals surface area contributed by atoms with Crippen LogP contribution in [-0.2, 0) is 19.9 Å². The van der Waals surface area contributed by atoms with E-state index in [1.165, 1.54) is 0 Å². The van der Waals surface area contributed by atoms with Crippen LogP contribution in [0.3, 0.4) is 0 Å². The third-order valence-corrected chi connectivity index (χ3v) is 5.01. The Bertz CT molecular complexity index is 793. The highest BCUT2D eigenvalue weighted by atomic mass is 16.5. The van der Waals surface area contributed by atoms with Crippen molar-refractivity contribution in [2.75, 3.05) is 11.5 Å². The number of hydrogen-bond donors (Lipinski definition) is 1. The first-order valence-electron chi connectivity index (χ1n) is 8.55. The second-order valence-electron chi connectivity index (χ2n) is 6.41. The van der Waals surface area contributed by atoms with Gasteiger partial charge in [-0.15, -0.1) is 0 Å². The molecule has 0 unspecified atom stereocenters. The zero-order valence-corrected chi connectivity index (χ0v) is 14.0. The summed E-state index contributed by atoms with van der Waals surface area (Å²) >= 11 is 0. The van der Waals surface area contributed by atoms with Gasteiger partial charge >= 0.3 is 0 Å². The number of benzene rings is 2. The molecule has 0 spiro atoms. The summed E-state index contributed by atoms with van der Waals surface area (Å²) in [6.45, 7) is 2.40. The maximum Gasteiger partial charge on any atom is 0.258 e. The Morgan fingerprint density at radius 1 is 1.08 bits per heavy atom. The Balaban J connectivity index is 1.87. The molecule has 5 nitrogen and oxygen atoms in total. The largest absolute Gasteiger partial charge is 0.376 e. The molecule has 3 fully saturated rings. The molecule has 3 aliphatic heterocycles. The highest BCUT2D eigenvalue weighted by Crippen LogP contribution is 2.43. The van der Waals surface area contributed by atoms with Gasteiger partial charge in [-0.3, -0.25) is 14.5 Å². The SMILES string of the molecule is CCO[C@@H]1C[C@@]2(c3ccccc3)NC(=O)[C@@H]1N(c1ccccc1)C2=O. The zero-order valence-electron chi connectivity index (χ0n) is 14.0. The van der Waals surface area contributed by atoms with Gasteiger partial charge in [0.15, 0.2) is 0 Å². The average Bonchev–Trinajstić information content (AvgIpc) is 2.65. The Hall–Kier alpha value is -2.66. The number of nitrogens with zero attached hydrogens (tertiary/aromatic N) is 1. The normalized spacial score (nSPS) is 28.1. The van der Waals surface area contributed by atoms with E-state index < -0.39 is 11.6 Å². The Labute approximate surface area is 146 Å². The minimum Gasteiger partial charge on any atom is -0.376 e. The first kappa shape index (κ1) is 15.8. The van der Waals surface area contributed by atoms with Crippen molar-refractivity contribution in [3.63, 3.8) is 0 Å². The molecule has 3 heterocycles. The molecule has 0 saturated carbocycles. The minimum atomic E-state index is -1.08. The Kier molecular flexibility index (Phi) is 3.81. The molecular weight excluding hydrogens is 316 g/mol. The van der Waals surface area contributed by atoms with E-state index in [1.54, 1.807) is 4.90 Å². The molecule has 2 aromatic carbocycles. The molecule has 5 rings (SSSR count). The molecule has 0 aromatic heterocycles. The third-order valence-electron chi connectivity index (χ3n) is 5.01. The molecular formula is C20H20N2O3. The lowest BCUT2D eigenvalue weighted by Gasteiger charge is -2.54. The van der Waals surface area contributed by atoms with E-state index in [-0.39, 0.29) is 17.9 Å². The number of rotatable bonds is 4. The van der Waals surface area contributed by atoms with Gasteiger partial charge in [-0.2, -0.15) is 0 Å². The van der Waals surface area contributed by atoms with Crippen LogP contribution in [0.5, 0.6) is 0 Å². The number of piperidine rings is 2. The van der Waals surface area contributed by atoms with Crippen LogP contribution >= 0.6 is 0 Å². The van der Waals surface area contributed by atoms with Gasteiger partial charge in [0.2, 0.25) is 5.91 Å². The minimum absolute atomic E-state index is 0.106. The molecule has 3 saturated heterocycles. The fourth-order valence-corrected chi connectivity index (χ4v) is 3.94. The van der Waals surface area contributed by atoms with Crippen molar-refractivity contribution >= 4 is 17.5 Å². The fraction of sp³-hybridized carbons (Fsp3) is 0.300. The molecule has 2 amide bonds. The lowest BCUT2D eigenvalue weighted by atomic mass is 9.73. The summed E-state index contributed by atoms with van der Waals surface area (Å²) in [6.07, 6.45) is 0.112. The number of hydrogen-bond acceptors (Lipinski definition) is 3. The number of ether oxygens (including phenoxy) is 1. The van der Waals surface area contributed by atoms with E-state index in [9.17, 15) is 9.59 Å². The van der Waals surface area contributed by atoms with E-state index in [0.717, 1.165) is 11.3 Å². The number of amides is 2. The number of piperazine rings is 1. The highest BCUT2D eigenvalue weighted by Gasteiger charge is 2.61. The number of carbonyl (C=O) groups excluding carboxylic acids is 2. The van der Waals surface area contributed by atoms with Crippen molar-refractivity contribution in [3.8, 4) is 0 Å². The molecule has 1 N–H and O–H groups in total. The van der Waals surface area contributed by atoms with Gasteiger partial charge in [0.25, 0.3) is 5.91 Å². The summed E-state index contributed by atoms with van der Waals surface area (Å²) in [6, 6.07) is 18.1. The molecule has 0 radical (unpaired) electrons. The monoisotopic (exact) mass is 336 g/mol. The van der Waals surface area contributed by atoms with Gasteiger partial charge < -0.3 is 10.1 Å². The van der Waals surface area contributed by atoms with E-state index in [2.05, 4.69) is 5.32 Å². The smallest absolute Gasteiger partial charge is 0.258 e. The van der Waals surface area contributed by atoms with Crippen LogP contribution < -0.4 is 10.2 Å². The summed E-state index contributed by atoms with van der Waals surface area (Å²) in [4.78, 5) is 27.9. The van der Waals surface area contributed by atoms with Crippen LogP contribution in [0, 0.1) is 0 Å². The zero-order chi connectivity index (χ0) is 17.4. The van der Waals surface area contributed by atoms with E-state index >= 15 is 0 Å². The summed E-state index contributed by atoms with van der Waals surface area (Å²) in [5, 5.41) is 2.97. The molecule has 5 heteroatoms. The molecule has 3 aliphatic rings. The Morgan fingerprint density at radius 3 is 2.36 bits per heavy atom. The van der Waals surface area contributed by atoms with Gasteiger partial charge in [-0.1, -0.05) is 48.5 Å². The fourth-order valence-electron chi connectivity index (χ4n) is 3.94. The summed E-state index contributed by atoms with van der Waals surface area (Å²) in [5.41, 5.74) is 0.428. The topological polar surface area (TPSA) is 58.6 Å². The van der Waals surface area contributed by atoms with Crippen LogP contribution in [0.15, 0.2) is 60.7 Å². The third kappa shape index (κ3) is 2.35. The number of para-hydroxylation sites is 1. The van der Waals surface area contributed by atoms with Gasteiger partial charge in [-0.25, -0.2) is 0 Å². The van der Waals surface area contributed by atoms with E-state index in [1.807, 2.05) is 67.6 Å². The number of anilines is 1. The number of carbonyl (C=O) groups is 2. The molecule has 2 aromatic rings. The first-order chi connectivity index (χ1) is 12.2. The number of fused-ring (bicyclic) bond motifs is 3. The van der Waals surface area contributed by atoms with Crippen molar-refractivity contribution in [2.24, 2.45) is 0 Å². The second-order valence-corrected chi connectivity index (χ2v) is 6.41. The van der Waals surface area contributed by atoms with Crippen LogP contribution in [0.4, 0.5) is 5.69 Å². The second kappa shape index (κ2) is 6.01. The summed E-state index contributed by atoms with van der Waals surface area (Å²) in [7, 11) is 0. The number of nitrogens with one attached hydrogen (secondary N) is 1. The van der Waals surface area contributed by atoms with E-state index in [4.69, 9.17) is 4.74 Å². The predicted molar refractivity (Wildman–Crippen MR) is 94.0 cm³/mol. The molecule has 3 atom stereocenters. The first-order valence-corrected chi connectivity index (χ1v) is 8.55. The standard InChI is InChI=1S/C20H20N2O3/c1-2-25-16-13-20(14-9-5-3-6-10-14)19(24)22(17(16)18(23)21-20)15-11-7-4-8-12-15/h3-12,16-17H,2,13H2,1H3,(H,21,23)/t16-,17-,20+/m1/s1. The van der Waals surface area contributed by atoms with Crippen molar-refractivity contribution in [1.29, 1.82) is 0 Å². The summed E-state index contributed by atoms with van der Waals surface area (Å²) in [5.74, 6) is -0.276. The molecule has 2 bridgehead atoms. The lowest BCUT2D eigenvalue weighted by molar-refractivity contribution is -0.152. The molecule has 0 aliphatic carbocycles. The Morgan fingerprint density at radius 2 is 1.72 bits per heavy atom. The predicted octanol–water partition coefficient (Wildman–Crippen LogP) is 2.22. The van der Waals surface area contributed by atoms with Gasteiger partial charge in [0.1, 0.15) is 11.6 Å². The van der Waals surface area contributed by atoms with Crippen molar-refractivity contribution < 1.29 is 14.3 Å². The molecule has 128 valence electrons. The molecule has 25 heavy (non-hydrogen) atoms. The van der Waals surface area contributed by atoms with Gasteiger partial charge in [0.05, 0.1) is 6.10 Å². The quantitative estimate of drug-likeness (QED) is 0.931. The van der Waals surface area contributed by atoms with Crippen LogP contribution in [-0.4, -0.2) is 30.6 Å². The van der Waals surface area contributed by atoms with Crippen LogP contribution in [0.2, 0.25) is 0 Å². The summed E-state index contributed by atoms with van der Waals surface area (Å²) < 4.78 is 5.88. The van der Waals surface area contributed by atoms with Crippen molar-refractivity contribution in [3.05, 3.63) is 66.2 Å². The maximum absolute atomic E-state index is 13.5. The van der Waals surface area contributed by atoms with Crippen molar-refractivity contribution in [2.45, 2.75) is 31.0 Å². The van der Waals surface area contributed by atoms with Gasteiger partial charge in [-0.05, 0) is 24.6 Å². The highest BCUT2D eigenvalue weighted by molar-refractivity contribution is 6.13. The maximum atomic E-state index is 13.5.